The van der Waals surface area contributed by atoms with Gasteiger partial charge in [0, 0.05) is 18.8 Å². The second-order valence-corrected chi connectivity index (χ2v) is 5.70. The molecular weight excluding hydrogens is 384 g/mol. The van der Waals surface area contributed by atoms with Gasteiger partial charge in [-0.25, -0.2) is 4.79 Å². The van der Waals surface area contributed by atoms with Crippen LogP contribution in [-0.2, 0) is 13.0 Å². The molecule has 0 unspecified atom stereocenters. The van der Waals surface area contributed by atoms with Gasteiger partial charge in [0.05, 0.1) is 5.69 Å². The minimum atomic E-state index is -0.695. The smallest absolute Gasteiger partial charge is 0.316 e. The summed E-state index contributed by atoms with van der Waals surface area (Å²) in [5.74, 6) is 0.00431. The van der Waals surface area contributed by atoms with Gasteiger partial charge >= 0.3 is 6.03 Å². The molecule has 136 valence electrons. The molecule has 6 nitrogen and oxygen atoms in total. The van der Waals surface area contributed by atoms with E-state index in [4.69, 9.17) is 11.5 Å². The molecule has 0 aromatic heterocycles. The number of hydrogen-bond acceptors (Lipinski definition) is 4. The highest BCUT2D eigenvalue weighted by Crippen LogP contribution is 2.24. The van der Waals surface area contributed by atoms with Crippen LogP contribution >= 0.6 is 17.0 Å². The Balaban J connectivity index is 0.00000312. The Morgan fingerprint density at radius 2 is 1.96 bits per heavy atom. The number of aromatic hydroxyl groups is 1. The van der Waals surface area contributed by atoms with Gasteiger partial charge in [-0.3, -0.25) is 4.90 Å². The molecule has 0 fully saturated rings. The van der Waals surface area contributed by atoms with Gasteiger partial charge in [-0.1, -0.05) is 25.1 Å². The number of nitrogens with one attached hydrogen (secondary N) is 1. The molecule has 0 radical (unpaired) electrons. The molecule has 0 saturated carbocycles. The number of phenols is 1. The fraction of sp³-hybridized carbons (Fsp3) is 0.278. The fourth-order valence-corrected chi connectivity index (χ4v) is 2.56. The van der Waals surface area contributed by atoms with E-state index in [9.17, 15) is 9.90 Å². The highest BCUT2D eigenvalue weighted by molar-refractivity contribution is 8.93. The predicted octanol–water partition coefficient (Wildman–Crippen LogP) is 3.11. The first-order valence-corrected chi connectivity index (χ1v) is 7.93. The average molecular weight is 409 g/mol. The van der Waals surface area contributed by atoms with Crippen LogP contribution in [0.25, 0.3) is 0 Å². The monoisotopic (exact) mass is 408 g/mol. The molecule has 2 aromatic carbocycles. The van der Waals surface area contributed by atoms with E-state index < -0.39 is 6.03 Å². The lowest BCUT2D eigenvalue weighted by atomic mass is 10.1. The van der Waals surface area contributed by atoms with Crippen LogP contribution in [0.2, 0.25) is 0 Å². The maximum atomic E-state index is 11.0. The Hall–Kier alpha value is -2.25. The first kappa shape index (κ1) is 20.8. The first-order valence-electron chi connectivity index (χ1n) is 7.93. The predicted molar refractivity (Wildman–Crippen MR) is 107 cm³/mol. The van der Waals surface area contributed by atoms with Gasteiger partial charge < -0.3 is 21.9 Å². The van der Waals surface area contributed by atoms with E-state index in [2.05, 4.69) is 23.2 Å². The molecule has 0 aliphatic heterocycles. The summed E-state index contributed by atoms with van der Waals surface area (Å²) >= 11 is 0. The number of likely N-dealkylation sites (N-methyl/N-ethyl adjacent to an activating group) is 1. The van der Waals surface area contributed by atoms with Crippen molar-refractivity contribution in [2.24, 2.45) is 5.73 Å². The summed E-state index contributed by atoms with van der Waals surface area (Å²) < 4.78 is 0. The van der Waals surface area contributed by atoms with Crippen molar-refractivity contribution in [2.75, 3.05) is 24.1 Å². The molecule has 0 saturated heterocycles. The molecule has 0 aliphatic carbocycles. The third-order valence-electron chi connectivity index (χ3n) is 3.84. The van der Waals surface area contributed by atoms with Crippen LogP contribution < -0.4 is 16.8 Å². The number of phenolic OH excluding ortho intramolecular Hbond substituents is 1. The Morgan fingerprint density at radius 3 is 2.60 bits per heavy atom. The number of nitrogens with two attached hydrogens (primary N) is 2. The van der Waals surface area contributed by atoms with E-state index in [1.165, 1.54) is 5.56 Å². The summed E-state index contributed by atoms with van der Waals surface area (Å²) in [4.78, 5) is 13.3. The molecule has 2 aromatic rings. The van der Waals surface area contributed by atoms with Gasteiger partial charge in [0.2, 0.25) is 0 Å². The molecule has 2 amide bonds. The lowest BCUT2D eigenvalue weighted by Crippen LogP contribution is -2.25. The van der Waals surface area contributed by atoms with E-state index in [-0.39, 0.29) is 22.7 Å². The van der Waals surface area contributed by atoms with E-state index in [1.54, 1.807) is 12.1 Å². The molecule has 2 rings (SSSR count). The van der Waals surface area contributed by atoms with Crippen molar-refractivity contribution in [3.05, 3.63) is 53.6 Å². The van der Waals surface area contributed by atoms with Crippen LogP contribution in [-0.4, -0.2) is 29.1 Å². The van der Waals surface area contributed by atoms with Crippen molar-refractivity contribution in [2.45, 2.75) is 19.9 Å². The molecule has 0 heterocycles. The summed E-state index contributed by atoms with van der Waals surface area (Å²) in [5.41, 5.74) is 14.2. The molecule has 0 atom stereocenters. The number of nitrogen functional groups attached to an aromatic ring is 1. The number of primary amides is 1. The first-order chi connectivity index (χ1) is 11.5. The van der Waals surface area contributed by atoms with Crippen LogP contribution in [0.15, 0.2) is 42.5 Å². The summed E-state index contributed by atoms with van der Waals surface area (Å²) in [5, 5.41) is 12.2. The molecule has 0 spiro atoms. The van der Waals surface area contributed by atoms with Gasteiger partial charge in [0.25, 0.3) is 0 Å². The number of carbonyl (C=O) groups is 1. The number of anilines is 2. The van der Waals surface area contributed by atoms with Crippen LogP contribution in [0, 0.1) is 0 Å². The number of nitrogens with zero attached hydrogens (tertiary/aromatic N) is 1. The molecular formula is C18H25BrN4O2. The minimum absolute atomic E-state index is 0. The number of urea groups is 1. The van der Waals surface area contributed by atoms with Crippen molar-refractivity contribution in [3.63, 3.8) is 0 Å². The average Bonchev–Trinajstić information content (AvgIpc) is 2.53. The number of rotatable bonds is 7. The van der Waals surface area contributed by atoms with Crippen molar-refractivity contribution < 1.29 is 9.90 Å². The van der Waals surface area contributed by atoms with Crippen LogP contribution in [0.1, 0.15) is 18.1 Å². The Kier molecular flexibility index (Phi) is 8.24. The third-order valence-corrected chi connectivity index (χ3v) is 3.84. The maximum absolute atomic E-state index is 11.0. The fourth-order valence-electron chi connectivity index (χ4n) is 2.56. The summed E-state index contributed by atoms with van der Waals surface area (Å²) in [6, 6.07) is 12.3. The van der Waals surface area contributed by atoms with Crippen LogP contribution in [0.5, 0.6) is 5.75 Å². The number of hydrogen-bond donors (Lipinski definition) is 4. The van der Waals surface area contributed by atoms with Crippen molar-refractivity contribution >= 4 is 34.4 Å². The lowest BCUT2D eigenvalue weighted by Gasteiger charge is -2.21. The Bertz CT molecular complexity index is 709. The molecule has 0 aliphatic rings. The molecule has 25 heavy (non-hydrogen) atoms. The van der Waals surface area contributed by atoms with Gasteiger partial charge in [-0.15, -0.1) is 17.0 Å². The molecule has 0 bridgehead atoms. The van der Waals surface area contributed by atoms with Crippen molar-refractivity contribution in [1.29, 1.82) is 0 Å². The van der Waals surface area contributed by atoms with E-state index >= 15 is 0 Å². The molecule has 7 heteroatoms. The second-order valence-electron chi connectivity index (χ2n) is 5.70. The summed E-state index contributed by atoms with van der Waals surface area (Å²) in [6.45, 7) is 4.71. The largest absolute Gasteiger partial charge is 0.506 e. The number of halogens is 1. The topological polar surface area (TPSA) is 105 Å². The van der Waals surface area contributed by atoms with Gasteiger partial charge in [-0.05, 0) is 48.4 Å². The van der Waals surface area contributed by atoms with E-state index in [0.717, 1.165) is 37.3 Å². The van der Waals surface area contributed by atoms with E-state index in [0.29, 0.717) is 5.69 Å². The quantitative estimate of drug-likeness (QED) is 0.417. The van der Waals surface area contributed by atoms with Gasteiger partial charge in [-0.2, -0.15) is 0 Å². The van der Waals surface area contributed by atoms with E-state index in [1.807, 2.05) is 24.3 Å². The SMILES string of the molecule is Br.CCN(CCc1ccc(O)c(NC(N)=O)c1)Cc1cccc(N)c1. The number of benzene rings is 2. The van der Waals surface area contributed by atoms with Crippen molar-refractivity contribution in [1.82, 2.24) is 4.90 Å². The lowest BCUT2D eigenvalue weighted by molar-refractivity contribution is 0.259. The van der Waals surface area contributed by atoms with Crippen LogP contribution in [0.4, 0.5) is 16.2 Å². The maximum Gasteiger partial charge on any atom is 0.316 e. The van der Waals surface area contributed by atoms with Gasteiger partial charge in [0.1, 0.15) is 5.75 Å². The second kappa shape index (κ2) is 9.90. The molecule has 6 N–H and O–H groups in total. The standard InChI is InChI=1S/C18H24N4O2.BrH/c1-2-22(12-14-4-3-5-15(19)10-14)9-8-13-6-7-17(23)16(11-13)21-18(20)24;/h3-7,10-11,23H,2,8-9,12,19H2,1H3,(H3,20,21,24);1H. The van der Waals surface area contributed by atoms with Crippen molar-refractivity contribution in [3.8, 4) is 5.75 Å². The zero-order valence-corrected chi connectivity index (χ0v) is 15.9. The number of carbonyl (C=O) groups excluding carboxylic acids is 1. The minimum Gasteiger partial charge on any atom is -0.506 e. The Labute approximate surface area is 158 Å². The summed E-state index contributed by atoms with van der Waals surface area (Å²) in [7, 11) is 0. The van der Waals surface area contributed by atoms with Gasteiger partial charge in [0.15, 0.2) is 0 Å². The Morgan fingerprint density at radius 1 is 1.20 bits per heavy atom. The zero-order chi connectivity index (χ0) is 17.5. The summed E-state index contributed by atoms with van der Waals surface area (Å²) in [6.07, 6.45) is 0.796. The van der Waals surface area contributed by atoms with Crippen LogP contribution in [0.3, 0.4) is 0 Å². The highest BCUT2D eigenvalue weighted by atomic mass is 79.9. The highest BCUT2D eigenvalue weighted by Gasteiger charge is 2.08. The number of amides is 2. The third kappa shape index (κ3) is 6.64. The zero-order valence-electron chi connectivity index (χ0n) is 14.2. The normalized spacial score (nSPS) is 10.3.